The van der Waals surface area contributed by atoms with Crippen molar-refractivity contribution in [3.63, 3.8) is 0 Å². The number of aromatic nitrogens is 1. The van der Waals surface area contributed by atoms with Crippen LogP contribution in [0.4, 0.5) is 4.79 Å². The Labute approximate surface area is 180 Å². The van der Waals surface area contributed by atoms with Crippen molar-refractivity contribution < 1.29 is 14.4 Å². The molecule has 3 aliphatic rings. The number of nitrogens with zero attached hydrogens (tertiary/aromatic N) is 4. The number of hydrogen-bond acceptors (Lipinski definition) is 3. The van der Waals surface area contributed by atoms with Crippen molar-refractivity contribution in [3.05, 3.63) is 78.7 Å². The van der Waals surface area contributed by atoms with E-state index >= 15 is 0 Å². The Morgan fingerprint density at radius 3 is 2.39 bits per heavy atom. The van der Waals surface area contributed by atoms with Crippen LogP contribution in [0.5, 0.6) is 0 Å². The molecular formula is C24H22N4O3. The van der Waals surface area contributed by atoms with Gasteiger partial charge in [0.1, 0.15) is 0 Å². The summed E-state index contributed by atoms with van der Waals surface area (Å²) in [7, 11) is 0. The Hall–Kier alpha value is -3.74. The van der Waals surface area contributed by atoms with Crippen LogP contribution in [0.3, 0.4) is 0 Å². The first-order valence-electron chi connectivity index (χ1n) is 10.4. The van der Waals surface area contributed by atoms with Crippen molar-refractivity contribution >= 4 is 23.6 Å². The molecule has 0 N–H and O–H groups in total. The summed E-state index contributed by atoms with van der Waals surface area (Å²) in [6.45, 7) is 0.994. The highest BCUT2D eigenvalue weighted by Gasteiger charge is 2.41. The maximum absolute atomic E-state index is 12.9. The van der Waals surface area contributed by atoms with Gasteiger partial charge in [0.2, 0.25) is 5.91 Å². The van der Waals surface area contributed by atoms with Crippen LogP contribution >= 0.6 is 0 Å². The summed E-state index contributed by atoms with van der Waals surface area (Å²) in [5.41, 5.74) is 2.13. The second-order valence-corrected chi connectivity index (χ2v) is 7.91. The number of amides is 4. The molecular weight excluding hydrogens is 392 g/mol. The quantitative estimate of drug-likeness (QED) is 0.774. The van der Waals surface area contributed by atoms with E-state index in [1.54, 1.807) is 29.2 Å². The third-order valence-corrected chi connectivity index (χ3v) is 6.07. The Bertz CT molecular complexity index is 1100. The first kappa shape index (κ1) is 19.2. The molecule has 7 heteroatoms. The number of carbonyl (C=O) groups is 3. The van der Waals surface area contributed by atoms with Gasteiger partial charge < -0.3 is 9.47 Å². The summed E-state index contributed by atoms with van der Waals surface area (Å²) < 4.78 is 1.98. The smallest absolute Gasteiger partial charge is 0.338 e. The highest BCUT2D eigenvalue weighted by molar-refractivity contribution is 6.21. The third kappa shape index (κ3) is 3.52. The molecule has 4 amide bonds. The van der Waals surface area contributed by atoms with Crippen molar-refractivity contribution in [3.8, 4) is 5.69 Å². The highest BCUT2D eigenvalue weighted by Crippen LogP contribution is 2.26. The molecule has 1 saturated heterocycles. The van der Waals surface area contributed by atoms with E-state index in [-0.39, 0.29) is 17.9 Å². The minimum Gasteiger partial charge on any atom is -0.338 e. The molecule has 5 rings (SSSR count). The number of piperidine rings is 1. The molecule has 2 aromatic rings. The molecule has 0 spiro atoms. The zero-order valence-corrected chi connectivity index (χ0v) is 16.9. The van der Waals surface area contributed by atoms with Crippen molar-refractivity contribution in [2.75, 3.05) is 13.1 Å². The highest BCUT2D eigenvalue weighted by atomic mass is 16.2. The lowest BCUT2D eigenvalue weighted by molar-refractivity contribution is -0.131. The number of aliphatic imine (C=N–C) groups is 1. The zero-order chi connectivity index (χ0) is 21.4. The summed E-state index contributed by atoms with van der Waals surface area (Å²) in [4.78, 5) is 45.5. The summed E-state index contributed by atoms with van der Waals surface area (Å²) in [6, 6.07) is 10.7. The van der Waals surface area contributed by atoms with Crippen LogP contribution in [0.2, 0.25) is 0 Å². The molecule has 2 aliphatic heterocycles. The van der Waals surface area contributed by atoms with E-state index in [0.717, 1.165) is 5.69 Å². The maximum atomic E-state index is 12.9. The van der Waals surface area contributed by atoms with Gasteiger partial charge in [-0.1, -0.05) is 18.2 Å². The number of benzene rings is 1. The lowest BCUT2D eigenvalue weighted by Crippen LogP contribution is -2.54. The molecule has 1 unspecified atom stereocenters. The molecule has 156 valence electrons. The normalized spacial score (nSPS) is 21.3. The number of imide groups is 1. The molecule has 1 atom stereocenters. The molecule has 0 saturated carbocycles. The van der Waals surface area contributed by atoms with Gasteiger partial charge in [-0.25, -0.2) is 4.79 Å². The standard InChI is InChI=1S/C24H22N4O3/c29-22(17-7-9-18(10-8-17)26-13-3-4-14-26)27-15-11-19(12-16-27)28-23(30)20-5-1-2-6-21(20)25-24(28)31/h1-10,13-14,19-20H,11-12,15-16H2. The molecule has 1 aromatic carbocycles. The van der Waals surface area contributed by atoms with E-state index in [1.807, 2.05) is 53.4 Å². The average molecular weight is 414 g/mol. The summed E-state index contributed by atoms with van der Waals surface area (Å²) in [6.07, 6.45) is 12.1. The fourth-order valence-electron chi connectivity index (χ4n) is 4.38. The van der Waals surface area contributed by atoms with Crippen molar-refractivity contribution in [1.82, 2.24) is 14.4 Å². The Morgan fingerprint density at radius 1 is 0.968 bits per heavy atom. The summed E-state index contributed by atoms with van der Waals surface area (Å²) in [5, 5.41) is 0. The molecule has 0 bridgehead atoms. The van der Waals surface area contributed by atoms with Crippen LogP contribution in [0.25, 0.3) is 5.69 Å². The van der Waals surface area contributed by atoms with E-state index in [9.17, 15) is 14.4 Å². The van der Waals surface area contributed by atoms with E-state index in [0.29, 0.717) is 37.2 Å². The van der Waals surface area contributed by atoms with Gasteiger partial charge in [0.05, 0.1) is 11.6 Å². The van der Waals surface area contributed by atoms with Crippen molar-refractivity contribution in [2.24, 2.45) is 10.9 Å². The van der Waals surface area contributed by atoms with E-state index in [4.69, 9.17) is 0 Å². The lowest BCUT2D eigenvalue weighted by Gasteiger charge is -2.39. The third-order valence-electron chi connectivity index (χ3n) is 6.07. The predicted molar refractivity (Wildman–Crippen MR) is 116 cm³/mol. The minimum absolute atomic E-state index is 0.0329. The van der Waals surface area contributed by atoms with Crippen LogP contribution in [-0.2, 0) is 4.79 Å². The van der Waals surface area contributed by atoms with Crippen LogP contribution < -0.4 is 0 Å². The van der Waals surface area contributed by atoms with Crippen molar-refractivity contribution in [2.45, 2.75) is 18.9 Å². The van der Waals surface area contributed by atoms with Gasteiger partial charge >= 0.3 is 6.03 Å². The molecule has 1 aromatic heterocycles. The summed E-state index contributed by atoms with van der Waals surface area (Å²) >= 11 is 0. The number of urea groups is 1. The molecule has 0 radical (unpaired) electrons. The minimum atomic E-state index is -0.499. The van der Waals surface area contributed by atoms with Gasteiger partial charge in [-0.15, -0.1) is 0 Å². The van der Waals surface area contributed by atoms with E-state index in [2.05, 4.69) is 4.99 Å². The number of rotatable bonds is 3. The maximum Gasteiger partial charge on any atom is 0.350 e. The van der Waals surface area contributed by atoms with Crippen molar-refractivity contribution in [1.29, 1.82) is 0 Å². The molecule has 3 heterocycles. The fourth-order valence-corrected chi connectivity index (χ4v) is 4.38. The largest absolute Gasteiger partial charge is 0.350 e. The number of fused-ring (bicyclic) bond motifs is 1. The molecule has 31 heavy (non-hydrogen) atoms. The fraction of sp³-hybridized carbons (Fsp3) is 0.250. The number of carbonyl (C=O) groups excluding carboxylic acids is 3. The van der Waals surface area contributed by atoms with Crippen LogP contribution in [0.15, 0.2) is 78.1 Å². The van der Waals surface area contributed by atoms with Gasteiger partial charge in [-0.3, -0.25) is 14.5 Å². The lowest BCUT2D eigenvalue weighted by atomic mass is 9.93. The molecule has 1 aliphatic carbocycles. The van der Waals surface area contributed by atoms with E-state index < -0.39 is 11.9 Å². The summed E-state index contributed by atoms with van der Waals surface area (Å²) in [5.74, 6) is -0.739. The number of hydrogen-bond donors (Lipinski definition) is 0. The first-order chi connectivity index (χ1) is 15.1. The van der Waals surface area contributed by atoms with Gasteiger partial charge in [0.25, 0.3) is 5.91 Å². The molecule has 1 fully saturated rings. The van der Waals surface area contributed by atoms with Crippen LogP contribution in [0.1, 0.15) is 23.2 Å². The average Bonchev–Trinajstić information content (AvgIpc) is 3.34. The van der Waals surface area contributed by atoms with Gasteiger partial charge in [0, 0.05) is 42.8 Å². The Balaban J connectivity index is 1.24. The SMILES string of the molecule is O=C(c1ccc(-n2cccc2)cc1)N1CCC(N2C(=O)N=C3C=CC=CC3C2=O)CC1. The van der Waals surface area contributed by atoms with Crippen LogP contribution in [0, 0.1) is 5.92 Å². The van der Waals surface area contributed by atoms with Gasteiger partial charge in [0.15, 0.2) is 0 Å². The van der Waals surface area contributed by atoms with Gasteiger partial charge in [-0.2, -0.15) is 4.99 Å². The first-order valence-corrected chi connectivity index (χ1v) is 10.4. The van der Waals surface area contributed by atoms with E-state index in [1.165, 1.54) is 4.90 Å². The van der Waals surface area contributed by atoms with Crippen LogP contribution in [-0.4, -0.2) is 57.1 Å². The van der Waals surface area contributed by atoms with Gasteiger partial charge in [-0.05, 0) is 55.3 Å². The number of likely N-dealkylation sites (tertiary alicyclic amines) is 1. The molecule has 7 nitrogen and oxygen atoms in total. The predicted octanol–water partition coefficient (Wildman–Crippen LogP) is 3.23. The Kier molecular flexibility index (Phi) is 4.86. The second kappa shape index (κ2) is 7.83. The second-order valence-electron chi connectivity index (χ2n) is 7.91. The number of allylic oxidation sites excluding steroid dienone is 3. The zero-order valence-electron chi connectivity index (χ0n) is 16.9. The topological polar surface area (TPSA) is 75.0 Å². The Morgan fingerprint density at radius 2 is 1.68 bits per heavy atom. The monoisotopic (exact) mass is 414 g/mol.